The molecule has 0 radical (unpaired) electrons. The van der Waals surface area contributed by atoms with E-state index in [-0.39, 0.29) is 5.91 Å². The largest absolute Gasteiger partial charge is 0.340 e. The Kier molecular flexibility index (Phi) is 3.53. The van der Waals surface area contributed by atoms with Crippen molar-refractivity contribution >= 4 is 5.91 Å². The summed E-state index contributed by atoms with van der Waals surface area (Å²) in [6.07, 6.45) is 10.6. The standard InChI is InChI=1S/C14H18N2O/c1-3-9-15(10-4-2)14(17)13-6-5-11-16(13)12-7-8-12/h1,5-6,11-12H,4,7-10H2,2H3. The van der Waals surface area contributed by atoms with Crippen LogP contribution in [0.3, 0.4) is 0 Å². The molecule has 0 bridgehead atoms. The Labute approximate surface area is 102 Å². The predicted molar refractivity (Wildman–Crippen MR) is 67.7 cm³/mol. The number of amides is 1. The van der Waals surface area contributed by atoms with E-state index < -0.39 is 0 Å². The Morgan fingerprint density at radius 1 is 1.65 bits per heavy atom. The van der Waals surface area contributed by atoms with Gasteiger partial charge in [0.15, 0.2) is 0 Å². The number of hydrogen-bond donors (Lipinski definition) is 0. The molecule has 0 saturated heterocycles. The monoisotopic (exact) mass is 230 g/mol. The summed E-state index contributed by atoms with van der Waals surface area (Å²) in [5.41, 5.74) is 0.774. The van der Waals surface area contributed by atoms with E-state index in [4.69, 9.17) is 6.42 Å². The first kappa shape index (κ1) is 11.8. The molecule has 1 aromatic rings. The molecule has 1 aliphatic carbocycles. The van der Waals surface area contributed by atoms with Crippen LogP contribution in [0, 0.1) is 12.3 Å². The van der Waals surface area contributed by atoms with Crippen molar-refractivity contribution in [3.8, 4) is 12.3 Å². The molecule has 1 aromatic heterocycles. The lowest BCUT2D eigenvalue weighted by molar-refractivity contribution is 0.0766. The number of hydrogen-bond acceptors (Lipinski definition) is 1. The van der Waals surface area contributed by atoms with E-state index in [9.17, 15) is 4.79 Å². The van der Waals surface area contributed by atoms with Crippen molar-refractivity contribution in [1.82, 2.24) is 9.47 Å². The number of carbonyl (C=O) groups excluding carboxylic acids is 1. The highest BCUT2D eigenvalue weighted by Gasteiger charge is 2.28. The number of rotatable bonds is 5. The molecule has 0 unspecified atom stereocenters. The first-order valence-electron chi connectivity index (χ1n) is 6.17. The van der Waals surface area contributed by atoms with Crippen LogP contribution >= 0.6 is 0 Å². The summed E-state index contributed by atoms with van der Waals surface area (Å²) in [7, 11) is 0. The third-order valence-electron chi connectivity index (χ3n) is 3.00. The summed E-state index contributed by atoms with van der Waals surface area (Å²) < 4.78 is 2.08. The lowest BCUT2D eigenvalue weighted by Gasteiger charge is -2.20. The highest BCUT2D eigenvalue weighted by molar-refractivity contribution is 5.93. The first-order chi connectivity index (χ1) is 8.27. The van der Waals surface area contributed by atoms with Crippen LogP contribution in [0.2, 0.25) is 0 Å². The van der Waals surface area contributed by atoms with Gasteiger partial charge in [-0.3, -0.25) is 4.79 Å². The van der Waals surface area contributed by atoms with E-state index in [1.54, 1.807) is 4.90 Å². The van der Waals surface area contributed by atoms with E-state index >= 15 is 0 Å². The minimum Gasteiger partial charge on any atom is -0.340 e. The minimum absolute atomic E-state index is 0.0571. The molecule has 1 saturated carbocycles. The van der Waals surface area contributed by atoms with Crippen molar-refractivity contribution in [3.63, 3.8) is 0 Å². The van der Waals surface area contributed by atoms with Crippen molar-refractivity contribution in [2.45, 2.75) is 32.2 Å². The van der Waals surface area contributed by atoms with Crippen molar-refractivity contribution in [1.29, 1.82) is 0 Å². The summed E-state index contributed by atoms with van der Waals surface area (Å²) in [5, 5.41) is 0. The van der Waals surface area contributed by atoms with E-state index in [0.29, 0.717) is 12.6 Å². The van der Waals surface area contributed by atoms with E-state index in [0.717, 1.165) is 18.7 Å². The highest BCUT2D eigenvalue weighted by Crippen LogP contribution is 2.36. The molecule has 3 heteroatoms. The van der Waals surface area contributed by atoms with E-state index in [1.165, 1.54) is 12.8 Å². The molecule has 1 heterocycles. The Morgan fingerprint density at radius 3 is 3.00 bits per heavy atom. The maximum atomic E-state index is 12.3. The van der Waals surface area contributed by atoms with Gasteiger partial charge in [-0.15, -0.1) is 6.42 Å². The van der Waals surface area contributed by atoms with Gasteiger partial charge in [0.05, 0.1) is 6.54 Å². The molecule has 2 rings (SSSR count). The third-order valence-corrected chi connectivity index (χ3v) is 3.00. The maximum absolute atomic E-state index is 12.3. The SMILES string of the molecule is C#CCN(CCC)C(=O)c1cccn1C1CC1. The van der Waals surface area contributed by atoms with Crippen molar-refractivity contribution in [2.75, 3.05) is 13.1 Å². The van der Waals surface area contributed by atoms with Gasteiger partial charge in [-0.1, -0.05) is 12.8 Å². The van der Waals surface area contributed by atoms with Crippen LogP contribution in [0.4, 0.5) is 0 Å². The van der Waals surface area contributed by atoms with Crippen LogP contribution in [0.25, 0.3) is 0 Å². The van der Waals surface area contributed by atoms with Gasteiger partial charge in [0.2, 0.25) is 0 Å². The van der Waals surface area contributed by atoms with Gasteiger partial charge in [0.1, 0.15) is 5.69 Å². The first-order valence-corrected chi connectivity index (χ1v) is 6.17. The molecule has 0 spiro atoms. The molecule has 90 valence electrons. The zero-order chi connectivity index (χ0) is 12.3. The van der Waals surface area contributed by atoms with Crippen LogP contribution in [-0.4, -0.2) is 28.5 Å². The topological polar surface area (TPSA) is 25.2 Å². The Morgan fingerprint density at radius 2 is 2.41 bits per heavy atom. The van der Waals surface area contributed by atoms with Crippen LogP contribution in [0.5, 0.6) is 0 Å². The van der Waals surface area contributed by atoms with Gasteiger partial charge in [-0.25, -0.2) is 0 Å². The van der Waals surface area contributed by atoms with Crippen molar-refractivity contribution in [3.05, 3.63) is 24.0 Å². The second-order valence-corrected chi connectivity index (χ2v) is 4.46. The van der Waals surface area contributed by atoms with Crippen molar-refractivity contribution in [2.24, 2.45) is 0 Å². The van der Waals surface area contributed by atoms with Gasteiger partial charge in [0, 0.05) is 18.8 Å². The Balaban J connectivity index is 2.16. The van der Waals surface area contributed by atoms with Gasteiger partial charge in [-0.05, 0) is 31.4 Å². The highest BCUT2D eigenvalue weighted by atomic mass is 16.2. The molecular weight excluding hydrogens is 212 g/mol. The molecule has 3 nitrogen and oxygen atoms in total. The van der Waals surface area contributed by atoms with Gasteiger partial charge in [-0.2, -0.15) is 0 Å². The Hall–Kier alpha value is -1.69. The smallest absolute Gasteiger partial charge is 0.271 e. The fraction of sp³-hybridized carbons (Fsp3) is 0.500. The van der Waals surface area contributed by atoms with E-state index in [2.05, 4.69) is 17.4 Å². The molecule has 0 aromatic carbocycles. The number of carbonyl (C=O) groups is 1. The molecular formula is C14H18N2O. The number of nitrogens with zero attached hydrogens (tertiary/aromatic N) is 2. The van der Waals surface area contributed by atoms with Gasteiger partial charge < -0.3 is 9.47 Å². The van der Waals surface area contributed by atoms with Crippen LogP contribution in [-0.2, 0) is 0 Å². The summed E-state index contributed by atoms with van der Waals surface area (Å²) in [6, 6.07) is 4.35. The average Bonchev–Trinajstić information content (AvgIpc) is 3.06. The molecule has 0 aliphatic heterocycles. The fourth-order valence-electron chi connectivity index (χ4n) is 2.04. The summed E-state index contributed by atoms with van der Waals surface area (Å²) in [5.74, 6) is 2.61. The minimum atomic E-state index is 0.0571. The molecule has 0 N–H and O–H groups in total. The molecule has 0 atom stereocenters. The predicted octanol–water partition coefficient (Wildman–Crippen LogP) is 2.31. The van der Waals surface area contributed by atoms with Crippen LogP contribution in [0.1, 0.15) is 42.7 Å². The lowest BCUT2D eigenvalue weighted by atomic mass is 10.3. The fourth-order valence-corrected chi connectivity index (χ4v) is 2.04. The quantitative estimate of drug-likeness (QED) is 0.713. The second kappa shape index (κ2) is 5.09. The second-order valence-electron chi connectivity index (χ2n) is 4.46. The molecule has 17 heavy (non-hydrogen) atoms. The van der Waals surface area contributed by atoms with E-state index in [1.807, 2.05) is 18.3 Å². The zero-order valence-corrected chi connectivity index (χ0v) is 10.2. The summed E-state index contributed by atoms with van der Waals surface area (Å²) in [4.78, 5) is 14.1. The Bertz CT molecular complexity index is 437. The maximum Gasteiger partial charge on any atom is 0.271 e. The summed E-state index contributed by atoms with van der Waals surface area (Å²) in [6.45, 7) is 3.16. The normalized spacial score (nSPS) is 14.4. The molecule has 1 amide bonds. The van der Waals surface area contributed by atoms with Gasteiger partial charge in [0.25, 0.3) is 5.91 Å². The third kappa shape index (κ3) is 2.52. The number of terminal acetylenes is 1. The van der Waals surface area contributed by atoms with Crippen molar-refractivity contribution < 1.29 is 4.79 Å². The molecule has 1 fully saturated rings. The average molecular weight is 230 g/mol. The summed E-state index contributed by atoms with van der Waals surface area (Å²) >= 11 is 0. The van der Waals surface area contributed by atoms with Crippen LogP contribution in [0.15, 0.2) is 18.3 Å². The lowest BCUT2D eigenvalue weighted by Crippen LogP contribution is -2.33. The number of aromatic nitrogens is 1. The van der Waals surface area contributed by atoms with Gasteiger partial charge >= 0.3 is 0 Å². The molecule has 1 aliphatic rings. The van der Waals surface area contributed by atoms with Crippen LogP contribution < -0.4 is 0 Å². The zero-order valence-electron chi connectivity index (χ0n) is 10.2.